The van der Waals surface area contributed by atoms with E-state index >= 15 is 0 Å². The van der Waals surface area contributed by atoms with Crippen molar-refractivity contribution in [2.24, 2.45) is 4.99 Å². The van der Waals surface area contributed by atoms with Gasteiger partial charge in [0.1, 0.15) is 0 Å². The Kier molecular flexibility index (Phi) is 12.5. The van der Waals surface area contributed by atoms with Crippen LogP contribution in [0.3, 0.4) is 0 Å². The largest absolute Gasteiger partial charge is 0.297 e. The summed E-state index contributed by atoms with van der Waals surface area (Å²) in [6.07, 6.45) is 0. The Morgan fingerprint density at radius 1 is 1.50 bits per heavy atom. The molecular formula is C7H15N. The second-order valence-electron chi connectivity index (χ2n) is 1.34. The van der Waals surface area contributed by atoms with E-state index in [9.17, 15) is 0 Å². The average Bonchev–Trinajstić information content (AvgIpc) is 1.72. The van der Waals surface area contributed by atoms with Crippen molar-refractivity contribution >= 4 is 6.72 Å². The lowest BCUT2D eigenvalue weighted by Crippen LogP contribution is -1.74. The summed E-state index contributed by atoms with van der Waals surface area (Å²) in [6, 6.07) is 0. The van der Waals surface area contributed by atoms with Gasteiger partial charge < -0.3 is 0 Å². The lowest BCUT2D eigenvalue weighted by molar-refractivity contribution is 1.16. The molecule has 1 nitrogen and oxygen atoms in total. The molecule has 0 aliphatic carbocycles. The normalized spacial score (nSPS) is 6.38. The summed E-state index contributed by atoms with van der Waals surface area (Å²) in [4.78, 5) is 3.59. The number of rotatable bonds is 2. The van der Waals surface area contributed by atoms with Crippen LogP contribution >= 0.6 is 0 Å². The first kappa shape index (κ1) is 10.4. The zero-order valence-corrected chi connectivity index (χ0v) is 6.07. The molecule has 0 heterocycles. The van der Waals surface area contributed by atoms with Crippen molar-refractivity contribution < 1.29 is 0 Å². The van der Waals surface area contributed by atoms with Crippen LogP contribution in [0.2, 0.25) is 0 Å². The van der Waals surface area contributed by atoms with Gasteiger partial charge in [0.15, 0.2) is 0 Å². The molecule has 0 bridgehead atoms. The molecule has 1 heteroatoms. The number of aliphatic imine (C=N–C) groups is 1. The van der Waals surface area contributed by atoms with E-state index < -0.39 is 0 Å². The quantitative estimate of drug-likeness (QED) is 0.385. The van der Waals surface area contributed by atoms with Crippen LogP contribution in [0.4, 0.5) is 0 Å². The Labute approximate surface area is 52.1 Å². The molecule has 0 amide bonds. The third-order valence-electron chi connectivity index (χ3n) is 0.382. The molecule has 0 unspecified atom stereocenters. The molecule has 0 aliphatic rings. The summed E-state index contributed by atoms with van der Waals surface area (Å²) >= 11 is 0. The fourth-order valence-electron chi connectivity index (χ4n) is 0.191. The van der Waals surface area contributed by atoms with Crippen molar-refractivity contribution in [3.63, 3.8) is 0 Å². The van der Waals surface area contributed by atoms with Gasteiger partial charge in [0.25, 0.3) is 0 Å². The zero-order chi connectivity index (χ0) is 6.99. The molecule has 0 fully saturated rings. The monoisotopic (exact) mass is 113 g/mol. The molecular weight excluding hydrogens is 98.1 g/mol. The molecule has 0 aromatic rings. The van der Waals surface area contributed by atoms with E-state index in [0.29, 0.717) is 6.54 Å². The molecule has 0 rings (SSSR count). The highest BCUT2D eigenvalue weighted by atomic mass is 14.7. The fourth-order valence-corrected chi connectivity index (χ4v) is 0.191. The van der Waals surface area contributed by atoms with Gasteiger partial charge in [-0.3, -0.25) is 4.99 Å². The Morgan fingerprint density at radius 2 is 1.88 bits per heavy atom. The van der Waals surface area contributed by atoms with Gasteiger partial charge in [0.05, 0.1) is 6.54 Å². The minimum Gasteiger partial charge on any atom is -0.297 e. The van der Waals surface area contributed by atoms with E-state index in [1.54, 1.807) is 0 Å². The minimum absolute atomic E-state index is 0.694. The molecule has 8 heavy (non-hydrogen) atoms. The predicted molar refractivity (Wildman–Crippen MR) is 40.6 cm³/mol. The van der Waals surface area contributed by atoms with Crippen molar-refractivity contribution in [2.75, 3.05) is 6.54 Å². The molecule has 0 radical (unpaired) electrons. The van der Waals surface area contributed by atoms with E-state index in [1.807, 2.05) is 20.8 Å². The van der Waals surface area contributed by atoms with Crippen molar-refractivity contribution in [1.29, 1.82) is 0 Å². The van der Waals surface area contributed by atoms with Crippen molar-refractivity contribution in [2.45, 2.75) is 20.8 Å². The van der Waals surface area contributed by atoms with Gasteiger partial charge in [-0.1, -0.05) is 26.0 Å². The van der Waals surface area contributed by atoms with Gasteiger partial charge in [-0.15, -0.1) is 0 Å². The van der Waals surface area contributed by atoms with Crippen molar-refractivity contribution in [3.8, 4) is 0 Å². The first-order chi connectivity index (χ1) is 3.77. The Morgan fingerprint density at radius 3 is 1.88 bits per heavy atom. The van der Waals surface area contributed by atoms with Gasteiger partial charge in [-0.2, -0.15) is 0 Å². The van der Waals surface area contributed by atoms with E-state index in [0.717, 1.165) is 5.57 Å². The summed E-state index contributed by atoms with van der Waals surface area (Å²) in [5.74, 6) is 0. The Balaban J connectivity index is 0. The summed E-state index contributed by atoms with van der Waals surface area (Å²) in [5, 5.41) is 0. The van der Waals surface area contributed by atoms with Gasteiger partial charge in [0, 0.05) is 0 Å². The van der Waals surface area contributed by atoms with E-state index in [2.05, 4.69) is 18.3 Å². The first-order valence-corrected chi connectivity index (χ1v) is 2.84. The van der Waals surface area contributed by atoms with Crippen LogP contribution in [0.5, 0.6) is 0 Å². The first-order valence-electron chi connectivity index (χ1n) is 2.84. The molecule has 0 saturated heterocycles. The van der Waals surface area contributed by atoms with E-state index in [1.165, 1.54) is 0 Å². The molecule has 0 aromatic heterocycles. The minimum atomic E-state index is 0.694. The summed E-state index contributed by atoms with van der Waals surface area (Å²) in [5.41, 5.74) is 1.06. The van der Waals surface area contributed by atoms with Gasteiger partial charge >= 0.3 is 0 Å². The fraction of sp³-hybridized carbons (Fsp3) is 0.571. The topological polar surface area (TPSA) is 12.4 Å². The van der Waals surface area contributed by atoms with Crippen LogP contribution in [0, 0.1) is 0 Å². The van der Waals surface area contributed by atoms with Crippen LogP contribution in [0.15, 0.2) is 17.1 Å². The summed E-state index contributed by atoms with van der Waals surface area (Å²) in [6.45, 7) is 13.5. The molecule has 0 aromatic carbocycles. The standard InChI is InChI=1S/C5H9N.C2H6/c1-5(2)4-6-3;1-2/h1,3-4H2,2H3;1-2H3. The van der Waals surface area contributed by atoms with Crippen molar-refractivity contribution in [1.82, 2.24) is 0 Å². The van der Waals surface area contributed by atoms with Gasteiger partial charge in [-0.05, 0) is 13.6 Å². The number of hydrogen-bond donors (Lipinski definition) is 0. The smallest absolute Gasteiger partial charge is 0.0587 e. The maximum Gasteiger partial charge on any atom is 0.0587 e. The van der Waals surface area contributed by atoms with Gasteiger partial charge in [0.2, 0.25) is 0 Å². The van der Waals surface area contributed by atoms with E-state index in [-0.39, 0.29) is 0 Å². The van der Waals surface area contributed by atoms with Crippen LogP contribution in [0.1, 0.15) is 20.8 Å². The van der Waals surface area contributed by atoms with Crippen LogP contribution < -0.4 is 0 Å². The highest BCUT2D eigenvalue weighted by Gasteiger charge is 1.72. The maximum absolute atomic E-state index is 3.61. The van der Waals surface area contributed by atoms with Crippen molar-refractivity contribution in [3.05, 3.63) is 12.2 Å². The third-order valence-corrected chi connectivity index (χ3v) is 0.382. The lowest BCUT2D eigenvalue weighted by Gasteiger charge is -1.83. The van der Waals surface area contributed by atoms with Crippen LogP contribution in [-0.4, -0.2) is 13.3 Å². The molecule has 0 N–H and O–H groups in total. The lowest BCUT2D eigenvalue weighted by atomic mass is 10.4. The average molecular weight is 113 g/mol. The number of nitrogens with zero attached hydrogens (tertiary/aromatic N) is 1. The number of hydrogen-bond acceptors (Lipinski definition) is 1. The Hall–Kier alpha value is -0.590. The Bertz CT molecular complexity index is 64.8. The van der Waals surface area contributed by atoms with E-state index in [4.69, 9.17) is 0 Å². The molecule has 48 valence electrons. The second kappa shape index (κ2) is 9.65. The highest BCUT2D eigenvalue weighted by molar-refractivity contribution is 5.24. The summed E-state index contributed by atoms with van der Waals surface area (Å²) < 4.78 is 0. The highest BCUT2D eigenvalue weighted by Crippen LogP contribution is 1.82. The molecule has 0 saturated carbocycles. The third kappa shape index (κ3) is 18.1. The zero-order valence-electron chi connectivity index (χ0n) is 6.07. The predicted octanol–water partition coefficient (Wildman–Crippen LogP) is 2.29. The molecule has 0 aliphatic heterocycles. The summed E-state index contributed by atoms with van der Waals surface area (Å²) in [7, 11) is 0. The molecule has 0 atom stereocenters. The molecule has 0 spiro atoms. The van der Waals surface area contributed by atoms with Crippen LogP contribution in [-0.2, 0) is 0 Å². The second-order valence-corrected chi connectivity index (χ2v) is 1.34. The maximum atomic E-state index is 3.61. The van der Waals surface area contributed by atoms with Crippen LogP contribution in [0.25, 0.3) is 0 Å². The van der Waals surface area contributed by atoms with Gasteiger partial charge in [-0.25, -0.2) is 0 Å². The SMILES string of the molecule is C=NCC(=C)C.CC.